The van der Waals surface area contributed by atoms with Crippen LogP contribution in [0, 0.1) is 6.92 Å². The van der Waals surface area contributed by atoms with Gasteiger partial charge in [0.15, 0.2) is 0 Å². The molecule has 17 heavy (non-hydrogen) atoms. The fourth-order valence-corrected chi connectivity index (χ4v) is 1.48. The molecule has 0 fully saturated rings. The Morgan fingerprint density at radius 3 is 2.41 bits per heavy atom. The Morgan fingerprint density at radius 1 is 1.24 bits per heavy atom. The smallest absolute Gasteiger partial charge is 0.328 e. The van der Waals surface area contributed by atoms with E-state index in [2.05, 4.69) is 5.32 Å². The molecule has 0 unspecified atom stereocenters. The minimum Gasteiger partial charge on any atom is -0.478 e. The second kappa shape index (κ2) is 5.70. The third-order valence-electron chi connectivity index (χ3n) is 1.90. The maximum absolute atomic E-state index is 11.3. The van der Waals surface area contributed by atoms with Crippen molar-refractivity contribution in [3.63, 3.8) is 0 Å². The van der Waals surface area contributed by atoms with Gasteiger partial charge in [0.2, 0.25) is 5.91 Å². The number of carbonyl (C=O) groups excluding carboxylic acids is 1. The topological polar surface area (TPSA) is 66.4 Å². The van der Waals surface area contributed by atoms with E-state index in [0.29, 0.717) is 15.7 Å². The minimum absolute atomic E-state index is 0.315. The molecule has 2 N–H and O–H groups in total. The van der Waals surface area contributed by atoms with E-state index in [9.17, 15) is 9.59 Å². The SMILES string of the molecule is Cc1cc(Cl)c(Cl)cc1NC(=O)C=CC(=O)O. The van der Waals surface area contributed by atoms with Crippen molar-refractivity contribution in [3.05, 3.63) is 39.9 Å². The maximum atomic E-state index is 11.3. The van der Waals surface area contributed by atoms with Gasteiger partial charge in [-0.1, -0.05) is 23.2 Å². The van der Waals surface area contributed by atoms with E-state index < -0.39 is 11.9 Å². The largest absolute Gasteiger partial charge is 0.478 e. The van der Waals surface area contributed by atoms with Crippen LogP contribution in [0.1, 0.15) is 5.56 Å². The van der Waals surface area contributed by atoms with Crippen molar-refractivity contribution in [3.8, 4) is 0 Å². The summed E-state index contributed by atoms with van der Waals surface area (Å²) in [6.07, 6.45) is 1.67. The summed E-state index contributed by atoms with van der Waals surface area (Å²) in [5.74, 6) is -1.74. The predicted molar refractivity (Wildman–Crippen MR) is 66.6 cm³/mol. The van der Waals surface area contributed by atoms with Crippen molar-refractivity contribution >= 4 is 40.8 Å². The molecule has 1 aromatic carbocycles. The van der Waals surface area contributed by atoms with Crippen molar-refractivity contribution in [1.29, 1.82) is 0 Å². The average Bonchev–Trinajstić information content (AvgIpc) is 2.23. The molecule has 0 spiro atoms. The zero-order valence-electron chi connectivity index (χ0n) is 8.83. The number of carbonyl (C=O) groups is 2. The number of rotatable bonds is 3. The Kier molecular flexibility index (Phi) is 4.54. The first-order valence-corrected chi connectivity index (χ1v) is 5.33. The summed E-state index contributed by atoms with van der Waals surface area (Å²) < 4.78 is 0. The van der Waals surface area contributed by atoms with Gasteiger partial charge in [0.25, 0.3) is 0 Å². The third-order valence-corrected chi connectivity index (χ3v) is 2.62. The summed E-state index contributed by atoms with van der Waals surface area (Å²) in [4.78, 5) is 21.5. The van der Waals surface area contributed by atoms with Crippen LogP contribution in [0.2, 0.25) is 10.0 Å². The van der Waals surface area contributed by atoms with E-state index in [4.69, 9.17) is 28.3 Å². The second-order valence-electron chi connectivity index (χ2n) is 3.24. The van der Waals surface area contributed by atoms with Crippen molar-refractivity contribution in [1.82, 2.24) is 0 Å². The van der Waals surface area contributed by atoms with Gasteiger partial charge in [-0.2, -0.15) is 0 Å². The molecule has 1 rings (SSSR count). The standard InChI is InChI=1S/C11H9Cl2NO3/c1-6-4-7(12)8(13)5-9(6)14-10(15)2-3-11(16)17/h2-5H,1H3,(H,14,15)(H,16,17). The predicted octanol–water partition coefficient (Wildman–Crippen LogP) is 2.88. The van der Waals surface area contributed by atoms with Crippen molar-refractivity contribution in [2.24, 2.45) is 0 Å². The molecule has 0 saturated heterocycles. The lowest BCUT2D eigenvalue weighted by Gasteiger charge is -2.07. The number of anilines is 1. The molecule has 4 nitrogen and oxygen atoms in total. The average molecular weight is 274 g/mol. The van der Waals surface area contributed by atoms with Crippen LogP contribution in [-0.2, 0) is 9.59 Å². The van der Waals surface area contributed by atoms with Gasteiger partial charge in [-0.3, -0.25) is 4.79 Å². The lowest BCUT2D eigenvalue weighted by Crippen LogP contribution is -2.09. The number of nitrogens with one attached hydrogen (secondary N) is 1. The summed E-state index contributed by atoms with van der Waals surface area (Å²) in [6, 6.07) is 3.12. The fourth-order valence-electron chi connectivity index (χ4n) is 1.10. The quantitative estimate of drug-likeness (QED) is 0.833. The van der Waals surface area contributed by atoms with Gasteiger partial charge in [0.05, 0.1) is 10.0 Å². The zero-order chi connectivity index (χ0) is 13.0. The van der Waals surface area contributed by atoms with Crippen molar-refractivity contribution in [2.45, 2.75) is 6.92 Å². The number of hydrogen-bond donors (Lipinski definition) is 2. The number of aliphatic carboxylic acids is 1. The lowest BCUT2D eigenvalue weighted by molar-refractivity contribution is -0.131. The van der Waals surface area contributed by atoms with Gasteiger partial charge < -0.3 is 10.4 Å². The number of halogens is 2. The molecule has 0 atom stereocenters. The number of amides is 1. The normalized spacial score (nSPS) is 10.5. The molecule has 6 heteroatoms. The monoisotopic (exact) mass is 273 g/mol. The Hall–Kier alpha value is -1.52. The van der Waals surface area contributed by atoms with Crippen LogP contribution in [0.4, 0.5) is 5.69 Å². The summed E-state index contributed by atoms with van der Waals surface area (Å²) >= 11 is 11.6. The number of carboxylic acids is 1. The molecule has 0 aliphatic rings. The fraction of sp³-hybridized carbons (Fsp3) is 0.0909. The zero-order valence-corrected chi connectivity index (χ0v) is 10.3. The van der Waals surface area contributed by atoms with E-state index in [1.807, 2.05) is 0 Å². The molecule has 0 bridgehead atoms. The summed E-state index contributed by atoms with van der Waals surface area (Å²) in [7, 11) is 0. The van der Waals surface area contributed by atoms with E-state index in [1.165, 1.54) is 6.07 Å². The highest BCUT2D eigenvalue weighted by molar-refractivity contribution is 6.42. The number of benzene rings is 1. The van der Waals surface area contributed by atoms with Crippen LogP contribution in [0.5, 0.6) is 0 Å². The minimum atomic E-state index is -1.19. The molecule has 90 valence electrons. The highest BCUT2D eigenvalue weighted by Crippen LogP contribution is 2.28. The van der Waals surface area contributed by atoms with Gasteiger partial charge in [-0.25, -0.2) is 4.79 Å². The molecule has 1 aromatic rings. The molecule has 0 aliphatic carbocycles. The van der Waals surface area contributed by atoms with Crippen LogP contribution in [-0.4, -0.2) is 17.0 Å². The van der Waals surface area contributed by atoms with E-state index in [1.54, 1.807) is 13.0 Å². The Morgan fingerprint density at radius 2 is 1.82 bits per heavy atom. The van der Waals surface area contributed by atoms with Gasteiger partial charge >= 0.3 is 5.97 Å². The first kappa shape index (κ1) is 13.5. The van der Waals surface area contributed by atoms with Crippen LogP contribution < -0.4 is 5.32 Å². The van der Waals surface area contributed by atoms with Crippen LogP contribution >= 0.6 is 23.2 Å². The number of carboxylic acid groups (broad SMARTS) is 1. The number of aryl methyl sites for hydroxylation is 1. The summed E-state index contributed by atoms with van der Waals surface area (Å²) in [5, 5.41) is 11.6. The molecule has 0 aliphatic heterocycles. The first-order chi connectivity index (χ1) is 7.90. The molecule has 0 saturated carbocycles. The van der Waals surface area contributed by atoms with Gasteiger partial charge in [0, 0.05) is 17.8 Å². The molecular formula is C11H9Cl2NO3. The number of hydrogen-bond acceptors (Lipinski definition) is 2. The first-order valence-electron chi connectivity index (χ1n) is 4.58. The molecule has 0 aromatic heterocycles. The van der Waals surface area contributed by atoms with E-state index >= 15 is 0 Å². The van der Waals surface area contributed by atoms with Crippen LogP contribution in [0.15, 0.2) is 24.3 Å². The Balaban J connectivity index is 2.85. The van der Waals surface area contributed by atoms with Gasteiger partial charge in [0.1, 0.15) is 0 Å². The summed E-state index contributed by atoms with van der Waals surface area (Å²) in [6.45, 7) is 1.75. The molecule has 0 heterocycles. The Bertz CT molecular complexity index is 498. The highest BCUT2D eigenvalue weighted by Gasteiger charge is 2.06. The summed E-state index contributed by atoms with van der Waals surface area (Å²) in [5.41, 5.74) is 1.22. The Labute approximate surface area is 108 Å². The van der Waals surface area contributed by atoms with Crippen LogP contribution in [0.3, 0.4) is 0 Å². The highest BCUT2D eigenvalue weighted by atomic mass is 35.5. The van der Waals surface area contributed by atoms with Gasteiger partial charge in [-0.05, 0) is 24.6 Å². The van der Waals surface area contributed by atoms with Crippen molar-refractivity contribution < 1.29 is 14.7 Å². The third kappa shape index (κ3) is 4.09. The lowest BCUT2D eigenvalue weighted by atomic mass is 10.2. The van der Waals surface area contributed by atoms with E-state index in [0.717, 1.165) is 17.7 Å². The van der Waals surface area contributed by atoms with Gasteiger partial charge in [-0.15, -0.1) is 0 Å². The molecule has 0 radical (unpaired) electrons. The maximum Gasteiger partial charge on any atom is 0.328 e. The second-order valence-corrected chi connectivity index (χ2v) is 4.06. The van der Waals surface area contributed by atoms with E-state index in [-0.39, 0.29) is 0 Å². The van der Waals surface area contributed by atoms with Crippen LogP contribution in [0.25, 0.3) is 0 Å². The molecule has 1 amide bonds. The molecular weight excluding hydrogens is 265 g/mol. The van der Waals surface area contributed by atoms with Crippen molar-refractivity contribution in [2.75, 3.05) is 5.32 Å².